The summed E-state index contributed by atoms with van der Waals surface area (Å²) in [6.07, 6.45) is 0. The van der Waals surface area contributed by atoms with E-state index < -0.39 is 18.5 Å². The van der Waals surface area contributed by atoms with Crippen LogP contribution >= 0.6 is 15.9 Å². The zero-order valence-electron chi connectivity index (χ0n) is 13.8. The van der Waals surface area contributed by atoms with E-state index in [-0.39, 0.29) is 5.91 Å². The second-order valence-corrected chi connectivity index (χ2v) is 6.32. The predicted molar refractivity (Wildman–Crippen MR) is 97.5 cm³/mol. The van der Waals surface area contributed by atoms with Crippen molar-refractivity contribution in [2.24, 2.45) is 0 Å². The van der Waals surface area contributed by atoms with Crippen molar-refractivity contribution < 1.29 is 19.1 Å². The fourth-order valence-electron chi connectivity index (χ4n) is 1.95. The molecule has 0 fully saturated rings. The van der Waals surface area contributed by atoms with Gasteiger partial charge in [0.15, 0.2) is 6.61 Å². The van der Waals surface area contributed by atoms with Crippen molar-refractivity contribution in [1.82, 2.24) is 4.90 Å². The highest BCUT2D eigenvalue weighted by Gasteiger charge is 2.11. The molecule has 2 rings (SSSR count). The van der Waals surface area contributed by atoms with Crippen molar-refractivity contribution in [3.63, 3.8) is 0 Å². The van der Waals surface area contributed by atoms with E-state index in [1.807, 2.05) is 0 Å². The molecule has 0 aliphatic carbocycles. The van der Waals surface area contributed by atoms with Crippen LogP contribution in [0.1, 0.15) is 20.7 Å². The largest absolute Gasteiger partial charge is 0.452 e. The summed E-state index contributed by atoms with van der Waals surface area (Å²) in [4.78, 5) is 37.0. The smallest absolute Gasteiger partial charge is 0.338 e. The average molecular weight is 405 g/mol. The van der Waals surface area contributed by atoms with Gasteiger partial charge in [0.05, 0.1) is 5.56 Å². The van der Waals surface area contributed by atoms with Crippen molar-refractivity contribution in [1.29, 1.82) is 0 Å². The van der Waals surface area contributed by atoms with Crippen LogP contribution in [-0.2, 0) is 9.53 Å². The van der Waals surface area contributed by atoms with Gasteiger partial charge in [-0.15, -0.1) is 0 Å². The predicted octanol–water partition coefficient (Wildman–Crippen LogP) is 2.95. The number of amides is 2. The third kappa shape index (κ3) is 5.42. The van der Waals surface area contributed by atoms with E-state index in [1.54, 1.807) is 62.6 Å². The average Bonchev–Trinajstić information content (AvgIpc) is 2.60. The molecular weight excluding hydrogens is 388 g/mol. The number of benzene rings is 2. The first-order valence-electron chi connectivity index (χ1n) is 7.41. The number of hydrogen-bond acceptors (Lipinski definition) is 4. The Hall–Kier alpha value is -2.67. The Morgan fingerprint density at radius 3 is 2.08 bits per heavy atom. The maximum atomic E-state index is 11.9. The van der Waals surface area contributed by atoms with Gasteiger partial charge in [0.2, 0.25) is 0 Å². The molecule has 130 valence electrons. The fraction of sp³-hybridized carbons (Fsp3) is 0.167. The van der Waals surface area contributed by atoms with Crippen LogP contribution in [0.25, 0.3) is 0 Å². The number of esters is 1. The van der Waals surface area contributed by atoms with Gasteiger partial charge < -0.3 is 15.0 Å². The molecule has 0 heterocycles. The van der Waals surface area contributed by atoms with Gasteiger partial charge in [0.1, 0.15) is 0 Å². The van der Waals surface area contributed by atoms with Crippen molar-refractivity contribution in [2.75, 3.05) is 26.0 Å². The lowest BCUT2D eigenvalue weighted by Crippen LogP contribution is -2.22. The minimum Gasteiger partial charge on any atom is -0.452 e. The van der Waals surface area contributed by atoms with E-state index >= 15 is 0 Å². The van der Waals surface area contributed by atoms with Crippen molar-refractivity contribution in [3.05, 3.63) is 64.1 Å². The minimum absolute atomic E-state index is 0.124. The summed E-state index contributed by atoms with van der Waals surface area (Å²) < 4.78 is 5.81. The van der Waals surface area contributed by atoms with E-state index in [1.165, 1.54) is 4.90 Å². The quantitative estimate of drug-likeness (QED) is 0.777. The lowest BCUT2D eigenvalue weighted by atomic mass is 10.2. The Bertz CT molecular complexity index is 771. The Balaban J connectivity index is 1.86. The van der Waals surface area contributed by atoms with E-state index in [0.717, 1.165) is 4.47 Å². The molecule has 0 aliphatic rings. The molecule has 0 aromatic heterocycles. The normalized spacial score (nSPS) is 10.0. The van der Waals surface area contributed by atoms with Crippen LogP contribution in [0.5, 0.6) is 0 Å². The zero-order valence-corrected chi connectivity index (χ0v) is 15.4. The summed E-state index contributed by atoms with van der Waals surface area (Å²) in [7, 11) is 3.33. The summed E-state index contributed by atoms with van der Waals surface area (Å²) >= 11 is 3.28. The van der Waals surface area contributed by atoms with Crippen LogP contribution in [-0.4, -0.2) is 43.4 Å². The number of rotatable bonds is 5. The highest BCUT2D eigenvalue weighted by Crippen LogP contribution is 2.12. The summed E-state index contributed by atoms with van der Waals surface area (Å²) in [6, 6.07) is 13.1. The molecule has 2 aromatic rings. The first-order chi connectivity index (χ1) is 11.9. The van der Waals surface area contributed by atoms with Gasteiger partial charge >= 0.3 is 5.97 Å². The van der Waals surface area contributed by atoms with Crippen LogP contribution in [0.3, 0.4) is 0 Å². The number of carbonyl (C=O) groups excluding carboxylic acids is 3. The van der Waals surface area contributed by atoms with Crippen LogP contribution in [0.2, 0.25) is 0 Å². The molecule has 2 aromatic carbocycles. The number of hydrogen-bond donors (Lipinski definition) is 1. The van der Waals surface area contributed by atoms with Crippen molar-refractivity contribution >= 4 is 39.4 Å². The van der Waals surface area contributed by atoms with E-state index in [4.69, 9.17) is 4.74 Å². The first-order valence-corrected chi connectivity index (χ1v) is 8.20. The molecule has 6 nitrogen and oxygen atoms in total. The Kier molecular flexibility index (Phi) is 6.30. The number of carbonyl (C=O) groups is 3. The van der Waals surface area contributed by atoms with Crippen molar-refractivity contribution in [2.45, 2.75) is 0 Å². The molecule has 0 aliphatic heterocycles. The van der Waals surface area contributed by atoms with Crippen molar-refractivity contribution in [3.8, 4) is 0 Å². The van der Waals surface area contributed by atoms with Gasteiger partial charge in [-0.1, -0.05) is 15.9 Å². The first kappa shape index (κ1) is 18.7. The summed E-state index contributed by atoms with van der Waals surface area (Å²) in [5.74, 6) is -1.16. The molecular formula is C18H17BrN2O4. The van der Waals surface area contributed by atoms with Gasteiger partial charge in [-0.2, -0.15) is 0 Å². The SMILES string of the molecule is CN(C)C(=O)c1ccc(NC(=O)COC(=O)c2ccc(Br)cc2)cc1. The highest BCUT2D eigenvalue weighted by molar-refractivity contribution is 9.10. The summed E-state index contributed by atoms with van der Waals surface area (Å²) in [5.41, 5.74) is 1.40. The molecule has 2 amide bonds. The minimum atomic E-state index is -0.574. The second-order valence-electron chi connectivity index (χ2n) is 5.41. The maximum Gasteiger partial charge on any atom is 0.338 e. The lowest BCUT2D eigenvalue weighted by molar-refractivity contribution is -0.119. The third-order valence-corrected chi connectivity index (χ3v) is 3.76. The molecule has 0 unspecified atom stereocenters. The molecule has 7 heteroatoms. The molecule has 0 bridgehead atoms. The van der Waals surface area contributed by atoms with Gasteiger partial charge in [0, 0.05) is 29.8 Å². The molecule has 0 spiro atoms. The highest BCUT2D eigenvalue weighted by atomic mass is 79.9. The van der Waals surface area contributed by atoms with E-state index in [0.29, 0.717) is 16.8 Å². The number of nitrogens with one attached hydrogen (secondary N) is 1. The van der Waals surface area contributed by atoms with Crippen LogP contribution < -0.4 is 5.32 Å². The summed E-state index contributed by atoms with van der Waals surface area (Å²) in [5, 5.41) is 2.60. The maximum absolute atomic E-state index is 11.9. The van der Waals surface area contributed by atoms with Gasteiger partial charge in [0.25, 0.3) is 11.8 Å². The molecule has 0 saturated carbocycles. The van der Waals surface area contributed by atoms with Crippen LogP contribution in [0.15, 0.2) is 53.0 Å². The van der Waals surface area contributed by atoms with Crippen LogP contribution in [0.4, 0.5) is 5.69 Å². The van der Waals surface area contributed by atoms with E-state index in [2.05, 4.69) is 21.2 Å². The Morgan fingerprint density at radius 1 is 0.960 bits per heavy atom. The summed E-state index contributed by atoms with van der Waals surface area (Å²) in [6.45, 7) is -0.396. The second kappa shape index (κ2) is 8.43. The fourth-order valence-corrected chi connectivity index (χ4v) is 2.22. The lowest BCUT2D eigenvalue weighted by Gasteiger charge is -2.11. The topological polar surface area (TPSA) is 75.7 Å². The standard InChI is InChI=1S/C18H17BrN2O4/c1-21(2)17(23)12-5-9-15(10-6-12)20-16(22)11-25-18(24)13-3-7-14(19)8-4-13/h3-10H,11H2,1-2H3,(H,20,22). The van der Waals surface area contributed by atoms with E-state index in [9.17, 15) is 14.4 Å². The molecule has 0 radical (unpaired) electrons. The van der Waals surface area contributed by atoms with Gasteiger partial charge in [-0.3, -0.25) is 9.59 Å². The third-order valence-electron chi connectivity index (χ3n) is 3.24. The van der Waals surface area contributed by atoms with Gasteiger partial charge in [-0.05, 0) is 48.5 Å². The number of nitrogens with zero attached hydrogens (tertiary/aromatic N) is 1. The number of ether oxygens (including phenoxy) is 1. The van der Waals surface area contributed by atoms with Gasteiger partial charge in [-0.25, -0.2) is 4.79 Å². The Labute approximate surface area is 153 Å². The molecule has 0 atom stereocenters. The Morgan fingerprint density at radius 2 is 1.52 bits per heavy atom. The molecule has 0 saturated heterocycles. The number of anilines is 1. The molecule has 25 heavy (non-hydrogen) atoms. The zero-order chi connectivity index (χ0) is 18.4. The molecule has 1 N–H and O–H groups in total. The van der Waals surface area contributed by atoms with Crippen LogP contribution in [0, 0.1) is 0 Å². The number of halogens is 1. The monoisotopic (exact) mass is 404 g/mol.